The lowest BCUT2D eigenvalue weighted by atomic mass is 9.99. The van der Waals surface area contributed by atoms with Crippen molar-refractivity contribution in [3.05, 3.63) is 18.2 Å². The molecule has 1 unspecified atom stereocenters. The number of phenolic OH excluding ortho intramolecular Hbond substituents is 1. The van der Waals surface area contributed by atoms with Gasteiger partial charge in [-0.1, -0.05) is 0 Å². The maximum absolute atomic E-state index is 12.1. The second kappa shape index (κ2) is 6.72. The van der Waals surface area contributed by atoms with Crippen LogP contribution in [-0.2, 0) is 14.3 Å². The lowest BCUT2D eigenvalue weighted by Gasteiger charge is -2.41. The molecule has 11 heteroatoms. The van der Waals surface area contributed by atoms with Crippen LogP contribution in [0, 0.1) is 0 Å². The van der Waals surface area contributed by atoms with Crippen LogP contribution in [0.15, 0.2) is 18.2 Å². The number of amides is 1. The average molecular weight is 359 g/mol. The second-order valence-electron chi connectivity index (χ2n) is 5.59. The van der Waals surface area contributed by atoms with Crippen LogP contribution < -0.4 is 9.80 Å². The highest BCUT2D eigenvalue weighted by Crippen LogP contribution is 2.36. The zero-order chi connectivity index (χ0) is 18.3. The summed E-state index contributed by atoms with van der Waals surface area (Å²) in [5.74, 6) is -1.31. The van der Waals surface area contributed by atoms with Crippen LogP contribution in [0.1, 0.15) is 0 Å². The van der Waals surface area contributed by atoms with E-state index in [1.54, 1.807) is 0 Å². The maximum atomic E-state index is 12.1. The molecule has 0 saturated carbocycles. The SMILES string of the molecule is O=C1C(O[C@@H]2O[C@H](CO)[C@@H](O)[C@H](O)[C@H]2O)Oc2cc(O)ccc2N1O. The third-order valence-electron chi connectivity index (χ3n) is 3.92. The van der Waals surface area contributed by atoms with Gasteiger partial charge in [0.1, 0.15) is 35.9 Å². The number of benzene rings is 1. The first-order valence-corrected chi connectivity index (χ1v) is 7.32. The van der Waals surface area contributed by atoms with Crippen LogP contribution >= 0.6 is 0 Å². The van der Waals surface area contributed by atoms with Crippen molar-refractivity contribution in [3.8, 4) is 11.5 Å². The molecule has 6 atom stereocenters. The molecule has 1 aromatic rings. The van der Waals surface area contributed by atoms with E-state index in [2.05, 4.69) is 0 Å². The molecule has 1 aromatic carbocycles. The third kappa shape index (κ3) is 3.14. The molecule has 0 bridgehead atoms. The van der Waals surface area contributed by atoms with Crippen molar-refractivity contribution in [2.24, 2.45) is 0 Å². The van der Waals surface area contributed by atoms with Gasteiger partial charge in [0.05, 0.1) is 6.61 Å². The number of hydroxylamine groups is 1. The predicted octanol–water partition coefficient (Wildman–Crippen LogP) is -2.35. The van der Waals surface area contributed by atoms with Gasteiger partial charge in [-0.25, -0.2) is 0 Å². The fourth-order valence-corrected chi connectivity index (χ4v) is 2.54. The zero-order valence-electron chi connectivity index (χ0n) is 12.7. The highest BCUT2D eigenvalue weighted by molar-refractivity contribution is 5.97. The van der Waals surface area contributed by atoms with Gasteiger partial charge in [-0.3, -0.25) is 10.0 Å². The van der Waals surface area contributed by atoms with Crippen molar-refractivity contribution in [2.75, 3.05) is 11.7 Å². The lowest BCUT2D eigenvalue weighted by Crippen LogP contribution is -2.61. The van der Waals surface area contributed by atoms with E-state index in [9.17, 15) is 30.4 Å². The van der Waals surface area contributed by atoms with E-state index in [0.29, 0.717) is 0 Å². The Hall–Kier alpha value is -1.99. The maximum Gasteiger partial charge on any atom is 0.320 e. The molecular weight excluding hydrogens is 342 g/mol. The number of fused-ring (bicyclic) bond motifs is 1. The minimum absolute atomic E-state index is 0.0311. The summed E-state index contributed by atoms with van der Waals surface area (Å²) in [6.45, 7) is -0.674. The van der Waals surface area contributed by atoms with Gasteiger partial charge in [-0.2, -0.15) is 5.06 Å². The molecule has 0 radical (unpaired) electrons. The van der Waals surface area contributed by atoms with Crippen LogP contribution in [0.3, 0.4) is 0 Å². The Morgan fingerprint density at radius 3 is 2.56 bits per heavy atom. The molecule has 1 amide bonds. The Balaban J connectivity index is 1.79. The van der Waals surface area contributed by atoms with Crippen LogP contribution in [0.4, 0.5) is 5.69 Å². The standard InChI is InChI=1S/C14H17NO10/c16-4-8-9(18)10(19)11(20)13(24-8)25-14-12(21)15(22)6-2-1-5(17)3-7(6)23-14/h1-3,8-11,13-14,16-20,22H,4H2/t8-,9-,10+,11-,13+,14?/m1/s1. The first-order valence-electron chi connectivity index (χ1n) is 7.32. The molecule has 25 heavy (non-hydrogen) atoms. The summed E-state index contributed by atoms with van der Waals surface area (Å²) in [6, 6.07) is 3.61. The molecule has 2 aliphatic rings. The fourth-order valence-electron chi connectivity index (χ4n) is 2.54. The number of carbonyl (C=O) groups is 1. The van der Waals surface area contributed by atoms with E-state index in [1.165, 1.54) is 12.1 Å². The van der Waals surface area contributed by atoms with E-state index >= 15 is 0 Å². The van der Waals surface area contributed by atoms with Gasteiger partial charge in [0.2, 0.25) is 0 Å². The van der Waals surface area contributed by atoms with Crippen LogP contribution in [0.2, 0.25) is 0 Å². The molecule has 2 heterocycles. The number of hydrogen-bond acceptors (Lipinski definition) is 10. The predicted molar refractivity (Wildman–Crippen MR) is 76.6 cm³/mol. The Morgan fingerprint density at radius 2 is 1.88 bits per heavy atom. The van der Waals surface area contributed by atoms with Crippen LogP contribution in [-0.4, -0.2) is 80.2 Å². The van der Waals surface area contributed by atoms with Crippen molar-refractivity contribution in [2.45, 2.75) is 37.0 Å². The largest absolute Gasteiger partial charge is 0.508 e. The number of aromatic hydroxyl groups is 1. The van der Waals surface area contributed by atoms with Crippen LogP contribution in [0.5, 0.6) is 11.5 Å². The van der Waals surface area contributed by atoms with Gasteiger partial charge in [-0.15, -0.1) is 0 Å². The van der Waals surface area contributed by atoms with Gasteiger partial charge in [0.25, 0.3) is 6.29 Å². The number of aliphatic hydroxyl groups is 4. The molecule has 0 aliphatic carbocycles. The number of ether oxygens (including phenoxy) is 3. The molecule has 138 valence electrons. The number of hydrogen-bond donors (Lipinski definition) is 6. The van der Waals surface area contributed by atoms with E-state index in [0.717, 1.165) is 6.07 Å². The summed E-state index contributed by atoms with van der Waals surface area (Å²) in [6.07, 6.45) is -9.65. The van der Waals surface area contributed by atoms with E-state index < -0.39 is 49.5 Å². The van der Waals surface area contributed by atoms with Gasteiger partial charge >= 0.3 is 5.91 Å². The van der Waals surface area contributed by atoms with Gasteiger partial charge in [0, 0.05) is 6.07 Å². The molecule has 0 spiro atoms. The van der Waals surface area contributed by atoms with Crippen molar-refractivity contribution in [1.82, 2.24) is 0 Å². The Morgan fingerprint density at radius 1 is 1.16 bits per heavy atom. The Labute approximate surface area is 140 Å². The van der Waals surface area contributed by atoms with Crippen LogP contribution in [0.25, 0.3) is 0 Å². The van der Waals surface area contributed by atoms with Gasteiger partial charge in [0.15, 0.2) is 12.0 Å². The minimum atomic E-state index is -1.76. The smallest absolute Gasteiger partial charge is 0.320 e. The minimum Gasteiger partial charge on any atom is -0.508 e. The molecule has 1 fully saturated rings. The molecule has 6 N–H and O–H groups in total. The fraction of sp³-hybridized carbons (Fsp3) is 0.500. The summed E-state index contributed by atoms with van der Waals surface area (Å²) < 4.78 is 15.5. The number of anilines is 1. The van der Waals surface area contributed by atoms with E-state index in [1.807, 2.05) is 0 Å². The van der Waals surface area contributed by atoms with E-state index in [-0.39, 0.29) is 22.2 Å². The van der Waals surface area contributed by atoms with Gasteiger partial charge in [-0.05, 0) is 12.1 Å². The summed E-state index contributed by atoms with van der Waals surface area (Å²) in [5, 5.41) is 58.1. The topological polar surface area (TPSA) is 169 Å². The van der Waals surface area contributed by atoms with E-state index in [4.69, 9.17) is 19.3 Å². The molecule has 0 aromatic heterocycles. The monoisotopic (exact) mass is 359 g/mol. The second-order valence-corrected chi connectivity index (χ2v) is 5.59. The number of phenols is 1. The molecular formula is C14H17NO10. The molecule has 2 aliphatic heterocycles. The van der Waals surface area contributed by atoms with Crippen molar-refractivity contribution < 1.29 is 49.7 Å². The zero-order valence-corrected chi connectivity index (χ0v) is 12.7. The summed E-state index contributed by atoms with van der Waals surface area (Å²) in [4.78, 5) is 12.1. The Kier molecular flexibility index (Phi) is 4.79. The number of rotatable bonds is 3. The first-order chi connectivity index (χ1) is 11.8. The average Bonchev–Trinajstić information content (AvgIpc) is 2.59. The number of aliphatic hydroxyl groups excluding tert-OH is 4. The quantitative estimate of drug-likeness (QED) is 0.321. The number of carbonyl (C=O) groups excluding carboxylic acids is 1. The van der Waals surface area contributed by atoms with Gasteiger partial charge < -0.3 is 39.7 Å². The Bertz CT molecular complexity index is 652. The molecule has 3 rings (SSSR count). The first kappa shape index (κ1) is 17.8. The summed E-state index contributed by atoms with van der Waals surface area (Å²) in [7, 11) is 0. The highest BCUT2D eigenvalue weighted by Gasteiger charge is 2.47. The summed E-state index contributed by atoms with van der Waals surface area (Å²) in [5.41, 5.74) is -0.0311. The third-order valence-corrected chi connectivity index (χ3v) is 3.92. The lowest BCUT2D eigenvalue weighted by molar-refractivity contribution is -0.323. The molecule has 1 saturated heterocycles. The highest BCUT2D eigenvalue weighted by atomic mass is 16.8. The summed E-state index contributed by atoms with van der Waals surface area (Å²) >= 11 is 0. The molecule has 11 nitrogen and oxygen atoms in total. The number of nitrogens with zero attached hydrogens (tertiary/aromatic N) is 1. The van der Waals surface area contributed by atoms with Crippen molar-refractivity contribution in [3.63, 3.8) is 0 Å². The normalized spacial score (nSPS) is 35.2. The van der Waals surface area contributed by atoms with Crippen molar-refractivity contribution in [1.29, 1.82) is 0 Å². The van der Waals surface area contributed by atoms with Crippen molar-refractivity contribution >= 4 is 11.6 Å².